The van der Waals surface area contributed by atoms with Crippen LogP contribution in [0.25, 0.3) is 5.82 Å². The number of hydrogen-bond acceptors (Lipinski definition) is 3. The van der Waals surface area contributed by atoms with Crippen molar-refractivity contribution in [3.63, 3.8) is 0 Å². The largest absolute Gasteiger partial charge is 0.416 e. The molecule has 0 fully saturated rings. The Morgan fingerprint density at radius 1 is 1.04 bits per heavy atom. The fourth-order valence-corrected chi connectivity index (χ4v) is 2.52. The lowest BCUT2D eigenvalue weighted by Crippen LogP contribution is -2.16. The minimum absolute atomic E-state index is 0.0964. The molecule has 28 heavy (non-hydrogen) atoms. The predicted octanol–water partition coefficient (Wildman–Crippen LogP) is 4.84. The maximum absolute atomic E-state index is 12.9. The Morgan fingerprint density at radius 3 is 2.39 bits per heavy atom. The Balaban J connectivity index is 1.98. The van der Waals surface area contributed by atoms with Crippen LogP contribution in [0.3, 0.4) is 0 Å². The summed E-state index contributed by atoms with van der Waals surface area (Å²) in [7, 11) is 0. The SMILES string of the molecule is CC(C)(C)c1cc(NC(=O)c2cccc(C(F)(F)F)c2)n(-c2ccccn2)n1. The summed E-state index contributed by atoms with van der Waals surface area (Å²) < 4.78 is 40.2. The molecular formula is C20H19F3N4O. The van der Waals surface area contributed by atoms with Crippen LogP contribution in [0.15, 0.2) is 54.7 Å². The van der Waals surface area contributed by atoms with E-state index in [2.05, 4.69) is 15.4 Å². The van der Waals surface area contributed by atoms with Crippen LogP contribution in [0.1, 0.15) is 42.4 Å². The number of halogens is 3. The molecule has 2 aromatic heterocycles. The van der Waals surface area contributed by atoms with Crippen molar-refractivity contribution in [1.29, 1.82) is 0 Å². The van der Waals surface area contributed by atoms with Gasteiger partial charge in [0.05, 0.1) is 11.3 Å². The van der Waals surface area contributed by atoms with Crippen LogP contribution in [0.4, 0.5) is 19.0 Å². The average Bonchev–Trinajstić information content (AvgIpc) is 3.06. The summed E-state index contributed by atoms with van der Waals surface area (Å²) >= 11 is 0. The van der Waals surface area contributed by atoms with Gasteiger partial charge in [0.25, 0.3) is 5.91 Å². The highest BCUT2D eigenvalue weighted by molar-refractivity contribution is 6.04. The zero-order chi connectivity index (χ0) is 20.5. The van der Waals surface area contributed by atoms with Gasteiger partial charge in [0, 0.05) is 23.2 Å². The van der Waals surface area contributed by atoms with Gasteiger partial charge in [-0.25, -0.2) is 4.98 Å². The van der Waals surface area contributed by atoms with E-state index in [1.165, 1.54) is 16.8 Å². The first-order valence-electron chi connectivity index (χ1n) is 8.56. The van der Waals surface area contributed by atoms with Gasteiger partial charge in [-0.1, -0.05) is 32.9 Å². The highest BCUT2D eigenvalue weighted by atomic mass is 19.4. The Hall–Kier alpha value is -3.16. The average molecular weight is 388 g/mol. The molecule has 0 spiro atoms. The van der Waals surface area contributed by atoms with E-state index in [1.807, 2.05) is 20.8 Å². The van der Waals surface area contributed by atoms with E-state index < -0.39 is 17.6 Å². The molecule has 1 aromatic carbocycles. The molecule has 0 radical (unpaired) electrons. The number of pyridine rings is 1. The summed E-state index contributed by atoms with van der Waals surface area (Å²) in [5, 5.41) is 7.17. The Labute approximate surface area is 160 Å². The molecule has 1 amide bonds. The number of benzene rings is 1. The molecule has 0 saturated heterocycles. The van der Waals surface area contributed by atoms with Gasteiger partial charge in [-0.3, -0.25) is 4.79 Å². The van der Waals surface area contributed by atoms with Crippen molar-refractivity contribution in [1.82, 2.24) is 14.8 Å². The van der Waals surface area contributed by atoms with Crippen LogP contribution in [0.5, 0.6) is 0 Å². The number of rotatable bonds is 3. The number of anilines is 1. The van der Waals surface area contributed by atoms with E-state index in [1.54, 1.807) is 30.5 Å². The molecule has 0 unspecified atom stereocenters. The lowest BCUT2D eigenvalue weighted by Gasteiger charge is -2.13. The first-order chi connectivity index (χ1) is 13.1. The Bertz CT molecular complexity index is 989. The summed E-state index contributed by atoms with van der Waals surface area (Å²) in [6, 6.07) is 11.2. The minimum atomic E-state index is -4.52. The topological polar surface area (TPSA) is 59.8 Å². The molecule has 8 heteroatoms. The maximum Gasteiger partial charge on any atom is 0.416 e. The first-order valence-corrected chi connectivity index (χ1v) is 8.56. The second-order valence-corrected chi connectivity index (χ2v) is 7.30. The third-order valence-corrected chi connectivity index (χ3v) is 4.04. The molecule has 5 nitrogen and oxygen atoms in total. The zero-order valence-electron chi connectivity index (χ0n) is 15.6. The Kier molecular flexibility index (Phi) is 4.97. The summed E-state index contributed by atoms with van der Waals surface area (Å²) in [5.74, 6) is 0.145. The highest BCUT2D eigenvalue weighted by Crippen LogP contribution is 2.30. The highest BCUT2D eigenvalue weighted by Gasteiger charge is 2.31. The van der Waals surface area contributed by atoms with E-state index >= 15 is 0 Å². The van der Waals surface area contributed by atoms with Gasteiger partial charge in [0.1, 0.15) is 5.82 Å². The molecule has 1 N–H and O–H groups in total. The molecule has 0 saturated carbocycles. The van der Waals surface area contributed by atoms with Gasteiger partial charge in [-0.2, -0.15) is 23.0 Å². The van der Waals surface area contributed by atoms with E-state index in [0.29, 0.717) is 17.3 Å². The molecule has 146 valence electrons. The van der Waals surface area contributed by atoms with E-state index in [4.69, 9.17) is 0 Å². The van der Waals surface area contributed by atoms with Crippen LogP contribution < -0.4 is 5.32 Å². The molecule has 3 rings (SSSR count). The van der Waals surface area contributed by atoms with Crippen LogP contribution >= 0.6 is 0 Å². The number of carbonyl (C=O) groups excluding carboxylic acids is 1. The molecule has 3 aromatic rings. The maximum atomic E-state index is 12.9. The lowest BCUT2D eigenvalue weighted by molar-refractivity contribution is -0.137. The number of nitrogens with zero attached hydrogens (tertiary/aromatic N) is 3. The number of alkyl halides is 3. The summed E-state index contributed by atoms with van der Waals surface area (Å²) in [6.07, 6.45) is -2.93. The number of amides is 1. The fraction of sp³-hybridized carbons (Fsp3) is 0.250. The quantitative estimate of drug-likeness (QED) is 0.699. The smallest absolute Gasteiger partial charge is 0.306 e. The van der Waals surface area contributed by atoms with Crippen LogP contribution in [0, 0.1) is 0 Å². The van der Waals surface area contributed by atoms with Gasteiger partial charge in [-0.05, 0) is 30.3 Å². The fourth-order valence-electron chi connectivity index (χ4n) is 2.52. The van der Waals surface area contributed by atoms with Gasteiger partial charge in [0.15, 0.2) is 5.82 Å². The molecular weight excluding hydrogens is 369 g/mol. The van der Waals surface area contributed by atoms with Crippen LogP contribution in [-0.4, -0.2) is 20.7 Å². The van der Waals surface area contributed by atoms with E-state index in [-0.39, 0.29) is 11.0 Å². The molecule has 0 aliphatic carbocycles. The molecule has 0 bridgehead atoms. The predicted molar refractivity (Wildman–Crippen MR) is 99.5 cm³/mol. The van der Waals surface area contributed by atoms with E-state index in [0.717, 1.165) is 12.1 Å². The number of carbonyl (C=O) groups is 1. The monoisotopic (exact) mass is 388 g/mol. The Morgan fingerprint density at radius 2 is 1.79 bits per heavy atom. The van der Waals surface area contributed by atoms with Crippen LogP contribution in [0.2, 0.25) is 0 Å². The number of aromatic nitrogens is 3. The molecule has 0 aliphatic heterocycles. The minimum Gasteiger partial charge on any atom is -0.306 e. The van der Waals surface area contributed by atoms with Gasteiger partial charge < -0.3 is 5.32 Å². The summed E-state index contributed by atoms with van der Waals surface area (Å²) in [5.41, 5.74) is -0.567. The van der Waals surface area contributed by atoms with Gasteiger partial charge in [-0.15, -0.1) is 0 Å². The number of nitrogens with one attached hydrogen (secondary N) is 1. The zero-order valence-corrected chi connectivity index (χ0v) is 15.6. The number of hydrogen-bond donors (Lipinski definition) is 1. The van der Waals surface area contributed by atoms with Gasteiger partial charge in [0.2, 0.25) is 0 Å². The standard InChI is InChI=1S/C20H19F3N4O/c1-19(2,3)15-12-17(27(26-15)16-9-4-5-10-24-16)25-18(28)13-7-6-8-14(11-13)20(21,22)23/h4-12H,1-3H3,(H,25,28). The van der Waals surface area contributed by atoms with Crippen molar-refractivity contribution in [2.45, 2.75) is 32.4 Å². The van der Waals surface area contributed by atoms with Crippen molar-refractivity contribution in [3.8, 4) is 5.82 Å². The summed E-state index contributed by atoms with van der Waals surface area (Å²) in [4.78, 5) is 16.8. The van der Waals surface area contributed by atoms with Gasteiger partial charge >= 0.3 is 6.18 Å². The van der Waals surface area contributed by atoms with Crippen molar-refractivity contribution in [2.24, 2.45) is 0 Å². The van der Waals surface area contributed by atoms with Crippen molar-refractivity contribution >= 4 is 11.7 Å². The third-order valence-electron chi connectivity index (χ3n) is 4.04. The molecule has 0 atom stereocenters. The molecule has 2 heterocycles. The van der Waals surface area contributed by atoms with Crippen molar-refractivity contribution in [3.05, 3.63) is 71.5 Å². The van der Waals surface area contributed by atoms with Crippen LogP contribution in [-0.2, 0) is 11.6 Å². The first kappa shape index (κ1) is 19.6. The normalized spacial score (nSPS) is 12.1. The second kappa shape index (κ2) is 7.10. The molecule has 0 aliphatic rings. The van der Waals surface area contributed by atoms with Crippen molar-refractivity contribution in [2.75, 3.05) is 5.32 Å². The second-order valence-electron chi connectivity index (χ2n) is 7.30. The summed E-state index contributed by atoms with van der Waals surface area (Å²) in [6.45, 7) is 5.91. The third kappa shape index (κ3) is 4.21. The van der Waals surface area contributed by atoms with Crippen molar-refractivity contribution < 1.29 is 18.0 Å². The van der Waals surface area contributed by atoms with E-state index in [9.17, 15) is 18.0 Å². The lowest BCUT2D eigenvalue weighted by atomic mass is 9.92.